The van der Waals surface area contributed by atoms with Gasteiger partial charge in [0.1, 0.15) is 11.5 Å². The van der Waals surface area contributed by atoms with Gasteiger partial charge in [0.15, 0.2) is 0 Å². The molecule has 2 aromatic carbocycles. The van der Waals surface area contributed by atoms with E-state index in [0.29, 0.717) is 0 Å². The molecular formula is C17H20ClNO2. The van der Waals surface area contributed by atoms with Crippen LogP contribution in [0.25, 0.3) is 0 Å². The first-order chi connectivity index (χ1) is 10.2. The molecule has 0 radical (unpaired) electrons. The van der Waals surface area contributed by atoms with E-state index in [0.717, 1.165) is 41.6 Å². The van der Waals surface area contributed by atoms with Gasteiger partial charge in [-0.3, -0.25) is 0 Å². The molecule has 0 atom stereocenters. The van der Waals surface area contributed by atoms with Crippen molar-refractivity contribution >= 4 is 11.6 Å². The van der Waals surface area contributed by atoms with Crippen molar-refractivity contribution in [3.8, 4) is 11.5 Å². The van der Waals surface area contributed by atoms with Gasteiger partial charge >= 0.3 is 0 Å². The van der Waals surface area contributed by atoms with E-state index in [4.69, 9.17) is 21.1 Å². The summed E-state index contributed by atoms with van der Waals surface area (Å²) in [6.07, 6.45) is 0.876. The lowest BCUT2D eigenvalue weighted by atomic mass is 10.1. The molecule has 1 N–H and O–H groups in total. The van der Waals surface area contributed by atoms with Crippen LogP contribution in [-0.2, 0) is 13.0 Å². The highest BCUT2D eigenvalue weighted by atomic mass is 35.5. The maximum atomic E-state index is 5.97. The second-order valence-corrected chi connectivity index (χ2v) is 5.17. The summed E-state index contributed by atoms with van der Waals surface area (Å²) in [6.45, 7) is 1.66. The highest BCUT2D eigenvalue weighted by Gasteiger charge is 2.04. The van der Waals surface area contributed by atoms with Gasteiger partial charge in [0.25, 0.3) is 0 Å². The number of hydrogen-bond acceptors (Lipinski definition) is 3. The lowest BCUT2D eigenvalue weighted by molar-refractivity contribution is 0.398. The molecule has 0 aliphatic carbocycles. The van der Waals surface area contributed by atoms with Gasteiger partial charge in [0.05, 0.1) is 14.2 Å². The summed E-state index contributed by atoms with van der Waals surface area (Å²) in [5.41, 5.74) is 2.32. The molecule has 4 heteroatoms. The van der Waals surface area contributed by atoms with Crippen LogP contribution in [0.1, 0.15) is 11.1 Å². The molecule has 0 amide bonds. The molecule has 0 aliphatic rings. The highest BCUT2D eigenvalue weighted by Crippen LogP contribution is 2.24. The van der Waals surface area contributed by atoms with Crippen LogP contribution in [-0.4, -0.2) is 20.8 Å². The van der Waals surface area contributed by atoms with E-state index in [-0.39, 0.29) is 0 Å². The van der Waals surface area contributed by atoms with Crippen LogP contribution in [0.3, 0.4) is 0 Å². The predicted octanol–water partition coefficient (Wildman–Crippen LogP) is 3.69. The molecule has 2 aromatic rings. The van der Waals surface area contributed by atoms with Crippen molar-refractivity contribution in [3.05, 3.63) is 58.6 Å². The number of benzene rings is 2. The fourth-order valence-electron chi connectivity index (χ4n) is 2.18. The van der Waals surface area contributed by atoms with Gasteiger partial charge in [-0.1, -0.05) is 23.7 Å². The first kappa shape index (κ1) is 15.7. The molecule has 21 heavy (non-hydrogen) atoms. The fourth-order valence-corrected chi connectivity index (χ4v) is 2.39. The molecular weight excluding hydrogens is 286 g/mol. The topological polar surface area (TPSA) is 30.5 Å². The summed E-state index contributed by atoms with van der Waals surface area (Å²) in [5, 5.41) is 4.18. The third kappa shape index (κ3) is 4.66. The van der Waals surface area contributed by atoms with Crippen LogP contribution in [0.15, 0.2) is 42.5 Å². The summed E-state index contributed by atoms with van der Waals surface area (Å²) in [6, 6.07) is 13.7. The van der Waals surface area contributed by atoms with Crippen LogP contribution in [0.5, 0.6) is 11.5 Å². The van der Waals surface area contributed by atoms with Gasteiger partial charge in [-0.05, 0) is 54.4 Å². The lowest BCUT2D eigenvalue weighted by Gasteiger charge is -2.11. The minimum absolute atomic E-state index is 0.767. The Balaban J connectivity index is 1.88. The number of halogens is 1. The highest BCUT2D eigenvalue weighted by molar-refractivity contribution is 6.30. The number of nitrogens with one attached hydrogen (secondary N) is 1. The molecule has 0 bridgehead atoms. The standard InChI is InChI=1S/C17H20ClNO2/c1-20-16-6-7-17(21-2)14(11-16)8-9-19-12-13-4-3-5-15(18)10-13/h3-7,10-11,19H,8-9,12H2,1-2H3. The maximum Gasteiger partial charge on any atom is 0.122 e. The molecule has 0 fully saturated rings. The van der Waals surface area contributed by atoms with Crippen molar-refractivity contribution in [3.63, 3.8) is 0 Å². The number of hydrogen-bond donors (Lipinski definition) is 1. The first-order valence-corrected chi connectivity index (χ1v) is 7.27. The fraction of sp³-hybridized carbons (Fsp3) is 0.294. The second kappa shape index (κ2) is 7.91. The van der Waals surface area contributed by atoms with Crippen molar-refractivity contribution in [2.75, 3.05) is 20.8 Å². The Labute approximate surface area is 130 Å². The van der Waals surface area contributed by atoms with Crippen molar-refractivity contribution in [1.29, 1.82) is 0 Å². The molecule has 2 rings (SSSR count). The van der Waals surface area contributed by atoms with Crippen LogP contribution in [0.2, 0.25) is 5.02 Å². The quantitative estimate of drug-likeness (QED) is 0.791. The van der Waals surface area contributed by atoms with Gasteiger partial charge in [-0.25, -0.2) is 0 Å². The Morgan fingerprint density at radius 2 is 1.90 bits per heavy atom. The van der Waals surface area contributed by atoms with Gasteiger partial charge in [-0.2, -0.15) is 0 Å². The summed E-state index contributed by atoms with van der Waals surface area (Å²) < 4.78 is 10.6. The smallest absolute Gasteiger partial charge is 0.122 e. The average molecular weight is 306 g/mol. The monoisotopic (exact) mass is 305 g/mol. The summed E-state index contributed by atoms with van der Waals surface area (Å²) >= 11 is 5.97. The Morgan fingerprint density at radius 3 is 2.62 bits per heavy atom. The van der Waals surface area contributed by atoms with E-state index in [2.05, 4.69) is 11.4 Å². The van der Waals surface area contributed by atoms with Gasteiger partial charge < -0.3 is 14.8 Å². The van der Waals surface area contributed by atoms with Crippen molar-refractivity contribution in [2.45, 2.75) is 13.0 Å². The molecule has 0 aromatic heterocycles. The second-order valence-electron chi connectivity index (χ2n) is 4.73. The van der Waals surface area contributed by atoms with Gasteiger partial charge in [0, 0.05) is 11.6 Å². The molecule has 0 heterocycles. The average Bonchev–Trinajstić information content (AvgIpc) is 2.51. The normalized spacial score (nSPS) is 10.4. The summed E-state index contributed by atoms with van der Waals surface area (Å²) in [7, 11) is 3.35. The first-order valence-electron chi connectivity index (χ1n) is 6.89. The van der Waals surface area contributed by atoms with Crippen LogP contribution in [0, 0.1) is 0 Å². The van der Waals surface area contributed by atoms with E-state index in [1.807, 2.05) is 36.4 Å². The van der Waals surface area contributed by atoms with E-state index in [9.17, 15) is 0 Å². The van der Waals surface area contributed by atoms with Crippen LogP contribution >= 0.6 is 11.6 Å². The molecule has 0 unspecified atom stereocenters. The molecule has 0 spiro atoms. The molecule has 3 nitrogen and oxygen atoms in total. The molecule has 0 aliphatic heterocycles. The Hall–Kier alpha value is -1.71. The lowest BCUT2D eigenvalue weighted by Crippen LogP contribution is -2.17. The zero-order chi connectivity index (χ0) is 15.1. The van der Waals surface area contributed by atoms with Crippen LogP contribution in [0.4, 0.5) is 0 Å². The van der Waals surface area contributed by atoms with Crippen molar-refractivity contribution in [1.82, 2.24) is 5.32 Å². The van der Waals surface area contributed by atoms with Gasteiger partial charge in [-0.15, -0.1) is 0 Å². The number of methoxy groups -OCH3 is 2. The number of rotatable bonds is 7. The van der Waals surface area contributed by atoms with E-state index < -0.39 is 0 Å². The van der Waals surface area contributed by atoms with Crippen molar-refractivity contribution in [2.24, 2.45) is 0 Å². The van der Waals surface area contributed by atoms with E-state index >= 15 is 0 Å². The Bertz CT molecular complexity index is 587. The molecule has 0 saturated carbocycles. The summed E-state index contributed by atoms with van der Waals surface area (Å²) in [4.78, 5) is 0. The zero-order valence-corrected chi connectivity index (χ0v) is 13.1. The third-order valence-electron chi connectivity index (χ3n) is 3.28. The Kier molecular flexibility index (Phi) is 5.90. The van der Waals surface area contributed by atoms with E-state index in [1.54, 1.807) is 14.2 Å². The minimum Gasteiger partial charge on any atom is -0.497 e. The minimum atomic E-state index is 0.767. The third-order valence-corrected chi connectivity index (χ3v) is 3.51. The van der Waals surface area contributed by atoms with Gasteiger partial charge in [0.2, 0.25) is 0 Å². The van der Waals surface area contributed by atoms with Crippen LogP contribution < -0.4 is 14.8 Å². The van der Waals surface area contributed by atoms with E-state index in [1.165, 1.54) is 5.56 Å². The SMILES string of the molecule is COc1ccc(OC)c(CCNCc2cccc(Cl)c2)c1. The Morgan fingerprint density at radius 1 is 1.05 bits per heavy atom. The largest absolute Gasteiger partial charge is 0.497 e. The predicted molar refractivity (Wildman–Crippen MR) is 86.4 cm³/mol. The molecule has 0 saturated heterocycles. The maximum absolute atomic E-state index is 5.97. The molecule has 112 valence electrons. The summed E-state index contributed by atoms with van der Waals surface area (Å²) in [5.74, 6) is 1.74. The zero-order valence-electron chi connectivity index (χ0n) is 12.4. The number of ether oxygens (including phenoxy) is 2. The van der Waals surface area contributed by atoms with Crippen molar-refractivity contribution < 1.29 is 9.47 Å².